The SMILES string of the molecule is O=c1n(Cc2cccc(F)c2)nc(C2CC2)n1-c1ccccc1. The predicted octanol–water partition coefficient (Wildman–Crippen LogP) is 3.10. The van der Waals surface area contributed by atoms with E-state index < -0.39 is 0 Å². The molecule has 2 aromatic carbocycles. The van der Waals surface area contributed by atoms with Crippen LogP contribution in [0.1, 0.15) is 30.1 Å². The van der Waals surface area contributed by atoms with Gasteiger partial charge in [-0.15, -0.1) is 0 Å². The lowest BCUT2D eigenvalue weighted by Crippen LogP contribution is -2.24. The molecule has 3 aromatic rings. The number of hydrogen-bond acceptors (Lipinski definition) is 2. The zero-order chi connectivity index (χ0) is 15.8. The van der Waals surface area contributed by atoms with Gasteiger partial charge in [0.15, 0.2) is 0 Å². The Hall–Kier alpha value is -2.69. The lowest BCUT2D eigenvalue weighted by atomic mass is 10.2. The van der Waals surface area contributed by atoms with Gasteiger partial charge in [-0.2, -0.15) is 5.10 Å². The summed E-state index contributed by atoms with van der Waals surface area (Å²) < 4.78 is 16.4. The molecular formula is C18H16FN3O. The first kappa shape index (κ1) is 13.9. The second-order valence-electron chi connectivity index (χ2n) is 5.87. The third-order valence-electron chi connectivity index (χ3n) is 4.04. The van der Waals surface area contributed by atoms with Gasteiger partial charge in [-0.25, -0.2) is 18.4 Å². The van der Waals surface area contributed by atoms with Crippen LogP contribution in [-0.2, 0) is 6.54 Å². The maximum atomic E-state index is 13.3. The zero-order valence-electron chi connectivity index (χ0n) is 12.5. The highest BCUT2D eigenvalue weighted by Gasteiger charge is 2.31. The fraction of sp³-hybridized carbons (Fsp3) is 0.222. The Kier molecular flexibility index (Phi) is 3.33. The maximum absolute atomic E-state index is 13.3. The Morgan fingerprint density at radius 3 is 2.57 bits per heavy atom. The summed E-state index contributed by atoms with van der Waals surface area (Å²) in [4.78, 5) is 12.8. The van der Waals surface area contributed by atoms with Crippen LogP contribution in [0.4, 0.5) is 4.39 Å². The summed E-state index contributed by atoms with van der Waals surface area (Å²) in [7, 11) is 0. The Balaban J connectivity index is 1.78. The van der Waals surface area contributed by atoms with Crippen LogP contribution in [0.15, 0.2) is 59.4 Å². The van der Waals surface area contributed by atoms with Crippen LogP contribution in [0.3, 0.4) is 0 Å². The monoisotopic (exact) mass is 309 g/mol. The lowest BCUT2D eigenvalue weighted by Gasteiger charge is -2.03. The van der Waals surface area contributed by atoms with E-state index in [2.05, 4.69) is 5.10 Å². The largest absolute Gasteiger partial charge is 0.350 e. The van der Waals surface area contributed by atoms with E-state index in [0.29, 0.717) is 5.92 Å². The van der Waals surface area contributed by atoms with Crippen molar-refractivity contribution in [3.05, 3.63) is 82.3 Å². The first-order chi connectivity index (χ1) is 11.2. The summed E-state index contributed by atoms with van der Waals surface area (Å²) in [5.41, 5.74) is 1.37. The van der Waals surface area contributed by atoms with E-state index in [0.717, 1.165) is 29.9 Å². The summed E-state index contributed by atoms with van der Waals surface area (Å²) in [5, 5.41) is 4.52. The number of para-hydroxylation sites is 1. The molecule has 0 bridgehead atoms. The molecule has 5 heteroatoms. The van der Waals surface area contributed by atoms with Crippen LogP contribution in [0.2, 0.25) is 0 Å². The van der Waals surface area contributed by atoms with Crippen LogP contribution < -0.4 is 5.69 Å². The van der Waals surface area contributed by atoms with Crippen LogP contribution in [0, 0.1) is 5.82 Å². The van der Waals surface area contributed by atoms with Crippen LogP contribution in [-0.4, -0.2) is 14.3 Å². The molecule has 1 heterocycles. The van der Waals surface area contributed by atoms with Crippen molar-refractivity contribution in [3.8, 4) is 5.69 Å². The molecule has 4 rings (SSSR count). The Morgan fingerprint density at radius 1 is 1.09 bits per heavy atom. The summed E-state index contributed by atoms with van der Waals surface area (Å²) in [6.07, 6.45) is 2.12. The third-order valence-corrected chi connectivity index (χ3v) is 4.04. The van der Waals surface area contributed by atoms with Gasteiger partial charge >= 0.3 is 5.69 Å². The first-order valence-electron chi connectivity index (χ1n) is 7.72. The standard InChI is InChI=1S/C18H16FN3O/c19-15-6-4-5-13(11-15)12-21-18(23)22(16-7-2-1-3-8-16)17(20-21)14-9-10-14/h1-8,11,14H,9-10,12H2. The third kappa shape index (κ3) is 2.70. The number of rotatable bonds is 4. The van der Waals surface area contributed by atoms with Gasteiger partial charge in [0.2, 0.25) is 0 Å². The molecule has 0 atom stereocenters. The fourth-order valence-electron chi connectivity index (χ4n) is 2.76. The minimum absolute atomic E-state index is 0.178. The number of halogens is 1. The summed E-state index contributed by atoms with van der Waals surface area (Å²) in [6, 6.07) is 15.8. The fourth-order valence-corrected chi connectivity index (χ4v) is 2.76. The molecule has 23 heavy (non-hydrogen) atoms. The number of hydrogen-bond donors (Lipinski definition) is 0. The van der Waals surface area contributed by atoms with Gasteiger partial charge in [0.05, 0.1) is 12.2 Å². The van der Waals surface area contributed by atoms with Crippen LogP contribution in [0.25, 0.3) is 5.69 Å². The topological polar surface area (TPSA) is 39.8 Å². The molecule has 0 amide bonds. The summed E-state index contributed by atoms with van der Waals surface area (Å²) >= 11 is 0. The van der Waals surface area contributed by atoms with Gasteiger partial charge in [0, 0.05) is 5.92 Å². The van der Waals surface area contributed by atoms with Crippen molar-refractivity contribution >= 4 is 0 Å². The van der Waals surface area contributed by atoms with Gasteiger partial charge in [0.25, 0.3) is 0 Å². The highest BCUT2D eigenvalue weighted by Crippen LogP contribution is 2.39. The van der Waals surface area contributed by atoms with Gasteiger partial charge < -0.3 is 0 Å². The van der Waals surface area contributed by atoms with Crippen LogP contribution >= 0.6 is 0 Å². The molecule has 0 saturated heterocycles. The second-order valence-corrected chi connectivity index (χ2v) is 5.87. The van der Waals surface area contributed by atoms with Crippen molar-refractivity contribution in [1.82, 2.24) is 14.3 Å². The lowest BCUT2D eigenvalue weighted by molar-refractivity contribution is 0.613. The van der Waals surface area contributed by atoms with E-state index in [1.165, 1.54) is 16.8 Å². The van der Waals surface area contributed by atoms with E-state index >= 15 is 0 Å². The number of nitrogens with zero attached hydrogens (tertiary/aromatic N) is 3. The van der Waals surface area contributed by atoms with E-state index in [4.69, 9.17) is 0 Å². The van der Waals surface area contributed by atoms with Crippen molar-refractivity contribution < 1.29 is 4.39 Å². The molecule has 0 unspecified atom stereocenters. The Labute approximate surface area is 132 Å². The van der Waals surface area contributed by atoms with Gasteiger partial charge in [0.1, 0.15) is 11.6 Å². The molecule has 116 valence electrons. The smallest absolute Gasteiger partial charge is 0.247 e. The Morgan fingerprint density at radius 2 is 1.87 bits per heavy atom. The van der Waals surface area contributed by atoms with Crippen molar-refractivity contribution in [2.75, 3.05) is 0 Å². The second kappa shape index (κ2) is 5.50. The molecule has 1 fully saturated rings. The van der Waals surface area contributed by atoms with E-state index in [1.807, 2.05) is 30.3 Å². The Bertz CT molecular complexity index is 894. The van der Waals surface area contributed by atoms with Crippen LogP contribution in [0.5, 0.6) is 0 Å². The van der Waals surface area contributed by atoms with Gasteiger partial charge in [-0.3, -0.25) is 0 Å². The summed E-state index contributed by atoms with van der Waals surface area (Å²) in [5.74, 6) is 0.842. The minimum atomic E-state index is -0.305. The van der Waals surface area contributed by atoms with Gasteiger partial charge in [-0.05, 0) is 42.7 Å². The molecule has 1 aliphatic rings. The molecular weight excluding hydrogens is 293 g/mol. The number of aromatic nitrogens is 3. The molecule has 1 aliphatic carbocycles. The van der Waals surface area contributed by atoms with Gasteiger partial charge in [-0.1, -0.05) is 30.3 Å². The van der Waals surface area contributed by atoms with Crippen molar-refractivity contribution in [2.45, 2.75) is 25.3 Å². The maximum Gasteiger partial charge on any atom is 0.350 e. The highest BCUT2D eigenvalue weighted by molar-refractivity contribution is 5.33. The highest BCUT2D eigenvalue weighted by atomic mass is 19.1. The molecule has 1 aromatic heterocycles. The minimum Gasteiger partial charge on any atom is -0.247 e. The molecule has 0 N–H and O–H groups in total. The quantitative estimate of drug-likeness (QED) is 0.743. The van der Waals surface area contributed by atoms with E-state index in [9.17, 15) is 9.18 Å². The molecule has 4 nitrogen and oxygen atoms in total. The average molecular weight is 309 g/mol. The normalized spacial score (nSPS) is 14.1. The molecule has 0 aliphatic heterocycles. The van der Waals surface area contributed by atoms with Crippen molar-refractivity contribution in [2.24, 2.45) is 0 Å². The molecule has 0 spiro atoms. The molecule has 0 radical (unpaired) electrons. The number of benzene rings is 2. The first-order valence-corrected chi connectivity index (χ1v) is 7.72. The van der Waals surface area contributed by atoms with Crippen molar-refractivity contribution in [3.63, 3.8) is 0 Å². The average Bonchev–Trinajstić information content (AvgIpc) is 3.34. The van der Waals surface area contributed by atoms with E-state index in [1.54, 1.807) is 16.7 Å². The molecule has 1 saturated carbocycles. The van der Waals surface area contributed by atoms with Crippen molar-refractivity contribution in [1.29, 1.82) is 0 Å². The van der Waals surface area contributed by atoms with E-state index in [-0.39, 0.29) is 18.1 Å². The predicted molar refractivity (Wildman–Crippen MR) is 85.3 cm³/mol. The zero-order valence-corrected chi connectivity index (χ0v) is 12.5. The summed E-state index contributed by atoms with van der Waals surface area (Å²) in [6.45, 7) is 0.274.